The molecule has 2 atom stereocenters. The molecule has 35 heavy (non-hydrogen) atoms. The molecule has 2 N–H and O–H groups in total. The van der Waals surface area contributed by atoms with Crippen LogP contribution < -0.4 is 11.0 Å². The number of hydroxylamine groups is 1. The number of hydrogen-bond donors (Lipinski definition) is 2. The van der Waals surface area contributed by atoms with Crippen LogP contribution in [0, 0.1) is 0 Å². The van der Waals surface area contributed by atoms with Crippen molar-refractivity contribution >= 4 is 27.5 Å². The number of carbonyl (C=O) groups excluding carboxylic acids is 1. The highest BCUT2D eigenvalue weighted by molar-refractivity contribution is 7.85. The summed E-state index contributed by atoms with van der Waals surface area (Å²) in [6, 6.07) is 16.2. The molecule has 0 aliphatic carbocycles. The maximum atomic E-state index is 13.0. The van der Waals surface area contributed by atoms with E-state index in [9.17, 15) is 13.8 Å². The van der Waals surface area contributed by atoms with Crippen LogP contribution in [-0.2, 0) is 33.3 Å². The van der Waals surface area contributed by atoms with Crippen LogP contribution in [0.5, 0.6) is 0 Å². The molecule has 1 aromatic heterocycles. The first kappa shape index (κ1) is 25.2. The van der Waals surface area contributed by atoms with Crippen molar-refractivity contribution in [1.29, 1.82) is 0 Å². The van der Waals surface area contributed by atoms with E-state index in [0.29, 0.717) is 5.39 Å². The molecule has 1 aliphatic rings. The van der Waals surface area contributed by atoms with Gasteiger partial charge in [0.1, 0.15) is 5.25 Å². The molecule has 2 aromatic carbocycles. The molecule has 186 valence electrons. The van der Waals surface area contributed by atoms with Crippen molar-refractivity contribution in [3.05, 3.63) is 70.6 Å². The summed E-state index contributed by atoms with van der Waals surface area (Å²) in [7, 11) is -1.46. The molecule has 1 fully saturated rings. The van der Waals surface area contributed by atoms with E-state index >= 15 is 0 Å². The van der Waals surface area contributed by atoms with Crippen molar-refractivity contribution in [3.63, 3.8) is 0 Å². The van der Waals surface area contributed by atoms with Gasteiger partial charge in [0, 0.05) is 54.8 Å². The van der Waals surface area contributed by atoms with Gasteiger partial charge in [-0.15, -0.1) is 0 Å². The smallest absolute Gasteiger partial charge is 0.259 e. The maximum absolute atomic E-state index is 13.0. The number of pyridine rings is 1. The number of carbonyl (C=O) groups is 1. The third-order valence-corrected chi connectivity index (χ3v) is 7.77. The molecule has 0 saturated carbocycles. The minimum atomic E-state index is -1.46. The van der Waals surface area contributed by atoms with Crippen LogP contribution in [-0.4, -0.2) is 69.1 Å². The second kappa shape index (κ2) is 11.7. The topological polar surface area (TPSA) is 101 Å². The van der Waals surface area contributed by atoms with Crippen LogP contribution >= 0.6 is 0 Å². The minimum Gasteiger partial charge on any atom is -0.379 e. The predicted molar refractivity (Wildman–Crippen MR) is 137 cm³/mol. The number of aromatic nitrogens is 1. The Labute approximate surface area is 206 Å². The Hall–Kier alpha value is -2.85. The van der Waals surface area contributed by atoms with Gasteiger partial charge < -0.3 is 9.30 Å². The van der Waals surface area contributed by atoms with Crippen molar-refractivity contribution in [2.45, 2.75) is 24.6 Å². The van der Waals surface area contributed by atoms with Crippen molar-refractivity contribution in [2.24, 2.45) is 0 Å². The summed E-state index contributed by atoms with van der Waals surface area (Å²) in [6.07, 6.45) is 4.28. The number of ether oxygens (including phenoxy) is 1. The van der Waals surface area contributed by atoms with Crippen molar-refractivity contribution in [3.8, 4) is 11.1 Å². The zero-order valence-corrected chi connectivity index (χ0v) is 20.6. The summed E-state index contributed by atoms with van der Waals surface area (Å²) in [5.74, 6) is -0.712. The molecule has 0 radical (unpaired) electrons. The van der Waals surface area contributed by atoms with Crippen LogP contribution in [0.15, 0.2) is 59.5 Å². The number of hydrogen-bond acceptors (Lipinski definition) is 6. The van der Waals surface area contributed by atoms with E-state index in [-0.39, 0.29) is 18.5 Å². The average Bonchev–Trinajstić information content (AvgIpc) is 2.89. The molecule has 1 amide bonds. The van der Waals surface area contributed by atoms with E-state index < -0.39 is 22.0 Å². The third-order valence-electron chi connectivity index (χ3n) is 6.52. The highest BCUT2D eigenvalue weighted by Gasteiger charge is 2.22. The number of amides is 1. The lowest BCUT2D eigenvalue weighted by Gasteiger charge is -2.26. The molecular formula is C26H31N3O5S. The second-order valence-corrected chi connectivity index (χ2v) is 10.3. The first-order valence-electron chi connectivity index (χ1n) is 11.7. The number of nitrogens with zero attached hydrogens (tertiary/aromatic N) is 2. The fraction of sp³-hybridized carbons (Fsp3) is 0.385. The van der Waals surface area contributed by atoms with Crippen LogP contribution in [0.4, 0.5) is 0 Å². The van der Waals surface area contributed by atoms with Gasteiger partial charge >= 0.3 is 0 Å². The molecule has 1 saturated heterocycles. The van der Waals surface area contributed by atoms with Gasteiger partial charge in [-0.3, -0.25) is 23.9 Å². The standard InChI is InChI=1S/C26H31N3O5S/c1-35(33)24(25(30)27-32)10-13-29-12-9-22-18-21(6-7-23(22)26(29)31)20-4-2-19(3-5-20)8-11-28-14-16-34-17-15-28/h2-7,9,12,18,24,32H,8,10-11,13-17H2,1H3,(H,27,30). The lowest BCUT2D eigenvalue weighted by Crippen LogP contribution is -2.37. The highest BCUT2D eigenvalue weighted by atomic mass is 32.2. The monoisotopic (exact) mass is 497 g/mol. The van der Waals surface area contributed by atoms with Crippen LogP contribution in [0.25, 0.3) is 21.9 Å². The SMILES string of the molecule is CS(=O)C(CCn1ccc2cc(-c3ccc(CCN4CCOCC4)cc3)ccc2c1=O)C(=O)NO. The van der Waals surface area contributed by atoms with Gasteiger partial charge in [0.15, 0.2) is 0 Å². The van der Waals surface area contributed by atoms with Gasteiger partial charge in [-0.05, 0) is 53.1 Å². The zero-order chi connectivity index (χ0) is 24.8. The number of morpholine rings is 1. The van der Waals surface area contributed by atoms with E-state index in [0.717, 1.165) is 55.8 Å². The number of benzene rings is 2. The van der Waals surface area contributed by atoms with E-state index in [2.05, 4.69) is 29.2 Å². The average molecular weight is 498 g/mol. The lowest BCUT2D eigenvalue weighted by molar-refractivity contribution is -0.128. The summed E-state index contributed by atoms with van der Waals surface area (Å²) in [5, 5.41) is 9.39. The van der Waals surface area contributed by atoms with Crippen LogP contribution in [0.2, 0.25) is 0 Å². The van der Waals surface area contributed by atoms with Gasteiger partial charge in [-0.1, -0.05) is 30.3 Å². The van der Waals surface area contributed by atoms with Crippen molar-refractivity contribution in [2.75, 3.05) is 39.1 Å². The second-order valence-electron chi connectivity index (χ2n) is 8.77. The Balaban J connectivity index is 1.45. The highest BCUT2D eigenvalue weighted by Crippen LogP contribution is 2.24. The Morgan fingerprint density at radius 2 is 1.80 bits per heavy atom. The minimum absolute atomic E-state index is 0.169. The fourth-order valence-electron chi connectivity index (χ4n) is 4.40. The molecule has 8 nitrogen and oxygen atoms in total. The Kier molecular flexibility index (Phi) is 8.46. The third kappa shape index (κ3) is 6.24. The molecule has 0 bridgehead atoms. The quantitative estimate of drug-likeness (QED) is 0.347. The fourth-order valence-corrected chi connectivity index (χ4v) is 5.19. The summed E-state index contributed by atoms with van der Waals surface area (Å²) in [6.45, 7) is 4.87. The van der Waals surface area contributed by atoms with Gasteiger partial charge in [0.25, 0.3) is 11.5 Å². The molecule has 0 spiro atoms. The van der Waals surface area contributed by atoms with Crippen LogP contribution in [0.3, 0.4) is 0 Å². The Bertz CT molecular complexity index is 1250. The van der Waals surface area contributed by atoms with Crippen LogP contribution in [0.1, 0.15) is 12.0 Å². The van der Waals surface area contributed by atoms with E-state index in [1.54, 1.807) is 11.7 Å². The largest absolute Gasteiger partial charge is 0.379 e. The number of fused-ring (bicyclic) bond motifs is 1. The first-order chi connectivity index (χ1) is 17.0. The molecule has 3 aromatic rings. The summed E-state index contributed by atoms with van der Waals surface area (Å²) >= 11 is 0. The molecule has 2 heterocycles. The maximum Gasteiger partial charge on any atom is 0.259 e. The number of aryl methyl sites for hydroxylation is 1. The molecule has 9 heteroatoms. The predicted octanol–water partition coefficient (Wildman–Crippen LogP) is 2.19. The molecule has 1 aliphatic heterocycles. The normalized spacial score (nSPS) is 16.2. The summed E-state index contributed by atoms with van der Waals surface area (Å²) < 4.78 is 18.7. The Morgan fingerprint density at radius 3 is 2.49 bits per heavy atom. The summed E-state index contributed by atoms with van der Waals surface area (Å²) in [4.78, 5) is 27.1. The van der Waals surface area contributed by atoms with E-state index in [1.165, 1.54) is 16.4 Å². The van der Waals surface area contributed by atoms with Gasteiger partial charge in [-0.25, -0.2) is 5.48 Å². The van der Waals surface area contributed by atoms with E-state index in [4.69, 9.17) is 9.94 Å². The van der Waals surface area contributed by atoms with Gasteiger partial charge in [0.2, 0.25) is 0 Å². The first-order valence-corrected chi connectivity index (χ1v) is 13.4. The number of nitrogens with one attached hydrogen (secondary N) is 1. The summed E-state index contributed by atoms with van der Waals surface area (Å²) in [5.41, 5.74) is 4.81. The van der Waals surface area contributed by atoms with Gasteiger partial charge in [0.05, 0.1) is 13.2 Å². The van der Waals surface area contributed by atoms with Crippen molar-refractivity contribution < 1.29 is 18.9 Å². The Morgan fingerprint density at radius 1 is 1.09 bits per heavy atom. The molecule has 2 unspecified atom stereocenters. The van der Waals surface area contributed by atoms with E-state index in [1.807, 2.05) is 24.3 Å². The number of rotatable bonds is 9. The van der Waals surface area contributed by atoms with Crippen molar-refractivity contribution in [1.82, 2.24) is 14.9 Å². The molecular weight excluding hydrogens is 466 g/mol. The molecule has 4 rings (SSSR count). The zero-order valence-electron chi connectivity index (χ0n) is 19.8. The van der Waals surface area contributed by atoms with Gasteiger partial charge in [-0.2, -0.15) is 0 Å². The lowest BCUT2D eigenvalue weighted by atomic mass is 10.00.